The fourth-order valence-electron chi connectivity index (χ4n) is 5.63. The lowest BCUT2D eigenvalue weighted by Crippen LogP contribution is -2.48. The monoisotopic (exact) mass is 634 g/mol. The summed E-state index contributed by atoms with van der Waals surface area (Å²) in [4.78, 5) is 70.4. The highest BCUT2D eigenvalue weighted by Crippen LogP contribution is 2.37. The van der Waals surface area contributed by atoms with Gasteiger partial charge in [0.15, 0.2) is 5.13 Å². The Balaban J connectivity index is 1.27. The van der Waals surface area contributed by atoms with Gasteiger partial charge in [0.25, 0.3) is 5.91 Å². The van der Waals surface area contributed by atoms with Crippen molar-refractivity contribution in [3.63, 3.8) is 0 Å². The van der Waals surface area contributed by atoms with Crippen molar-refractivity contribution in [1.29, 1.82) is 0 Å². The number of benzene rings is 1. The predicted octanol–water partition coefficient (Wildman–Crippen LogP) is 1.78. The first-order chi connectivity index (χ1) is 21.7. The van der Waals surface area contributed by atoms with Gasteiger partial charge in [-0.25, -0.2) is 9.78 Å². The zero-order chi connectivity index (χ0) is 31.7. The van der Waals surface area contributed by atoms with E-state index in [1.165, 1.54) is 0 Å². The van der Waals surface area contributed by atoms with Crippen LogP contribution in [0.4, 0.5) is 22.7 Å². The molecule has 2 aromatic heterocycles. The first kappa shape index (κ1) is 30.4. The van der Waals surface area contributed by atoms with Crippen LogP contribution in [0.1, 0.15) is 56.6 Å². The number of likely N-dealkylation sites (tertiary alicyclic amines) is 1. The van der Waals surface area contributed by atoms with Crippen molar-refractivity contribution >= 4 is 57.7 Å². The molecule has 0 unspecified atom stereocenters. The number of thiazole rings is 1. The normalized spacial score (nSPS) is 16.9. The summed E-state index contributed by atoms with van der Waals surface area (Å²) >= 11 is 1.12. The van der Waals surface area contributed by atoms with Crippen molar-refractivity contribution in [2.45, 2.75) is 45.8 Å². The van der Waals surface area contributed by atoms with Crippen LogP contribution in [0, 0.1) is 6.92 Å². The average Bonchev–Trinajstić information content (AvgIpc) is 3.55. The second kappa shape index (κ2) is 12.8. The summed E-state index contributed by atoms with van der Waals surface area (Å²) in [5, 5.41) is 16.1. The summed E-state index contributed by atoms with van der Waals surface area (Å²) in [5.41, 5.74) is 2.49. The summed E-state index contributed by atoms with van der Waals surface area (Å²) in [5.74, 6) is 0.221. The third-order valence-corrected chi connectivity index (χ3v) is 9.01. The van der Waals surface area contributed by atoms with E-state index in [-0.39, 0.29) is 55.9 Å². The molecule has 45 heavy (non-hydrogen) atoms. The van der Waals surface area contributed by atoms with Gasteiger partial charge in [-0.15, -0.1) is 0 Å². The molecule has 0 spiro atoms. The van der Waals surface area contributed by atoms with Crippen molar-refractivity contribution in [1.82, 2.24) is 25.2 Å². The van der Waals surface area contributed by atoms with Gasteiger partial charge in [-0.2, -0.15) is 9.97 Å². The van der Waals surface area contributed by atoms with Crippen molar-refractivity contribution in [3.8, 4) is 0 Å². The van der Waals surface area contributed by atoms with Crippen molar-refractivity contribution in [2.24, 2.45) is 0 Å². The first-order valence-electron chi connectivity index (χ1n) is 14.9. The zero-order valence-electron chi connectivity index (χ0n) is 25.0. The van der Waals surface area contributed by atoms with Crippen molar-refractivity contribution in [3.05, 3.63) is 51.5 Å². The van der Waals surface area contributed by atoms with Crippen LogP contribution >= 0.6 is 11.3 Å². The lowest BCUT2D eigenvalue weighted by molar-refractivity contribution is -0.120. The second-order valence-corrected chi connectivity index (χ2v) is 12.1. The fraction of sp³-hybridized carbons (Fsp3) is 0.433. The molecular formula is C30H34N8O6S. The Morgan fingerprint density at radius 3 is 2.53 bits per heavy atom. The Kier molecular flexibility index (Phi) is 8.63. The number of rotatable bonds is 8. The molecule has 6 rings (SSSR count). The van der Waals surface area contributed by atoms with Crippen LogP contribution in [-0.4, -0.2) is 94.1 Å². The minimum absolute atomic E-state index is 0.0732. The molecule has 0 aliphatic carbocycles. The highest BCUT2D eigenvalue weighted by molar-refractivity contribution is 7.17. The number of carbonyl (C=O) groups excluding carboxylic acids is 4. The zero-order valence-corrected chi connectivity index (χ0v) is 25.9. The van der Waals surface area contributed by atoms with Gasteiger partial charge in [0.05, 0.1) is 37.9 Å². The number of aliphatic hydroxyl groups is 1. The van der Waals surface area contributed by atoms with Gasteiger partial charge in [0, 0.05) is 37.3 Å². The SMILES string of the molecule is CCOC(=O)c1sc(Nc2nc(N3CCNC(=O)C3)c3c(n2)N(Cc2ccc(C(=O)N4CCC(O)CC4)cc2)C(=O)C3)nc1C. The van der Waals surface area contributed by atoms with E-state index in [0.717, 1.165) is 16.9 Å². The largest absolute Gasteiger partial charge is 0.462 e. The number of ether oxygens (including phenoxy) is 1. The molecule has 3 N–H and O–H groups in total. The first-order valence-corrected chi connectivity index (χ1v) is 15.7. The molecule has 3 aliphatic heterocycles. The molecule has 0 radical (unpaired) electrons. The summed E-state index contributed by atoms with van der Waals surface area (Å²) in [6.45, 7) is 5.98. The molecule has 14 nitrogen and oxygen atoms in total. The van der Waals surface area contributed by atoms with E-state index in [4.69, 9.17) is 14.7 Å². The molecule has 2 saturated heterocycles. The number of aliphatic hydroxyl groups excluding tert-OH is 1. The summed E-state index contributed by atoms with van der Waals surface area (Å²) in [6, 6.07) is 7.15. The average molecular weight is 635 g/mol. The molecule has 0 saturated carbocycles. The number of piperidine rings is 1. The Bertz CT molecular complexity index is 1640. The number of hydrogen-bond donors (Lipinski definition) is 3. The number of piperazine rings is 1. The number of nitrogens with one attached hydrogen (secondary N) is 2. The van der Waals surface area contributed by atoms with Crippen LogP contribution in [-0.2, 0) is 27.3 Å². The van der Waals surface area contributed by atoms with E-state index in [9.17, 15) is 24.3 Å². The number of aryl methyl sites for hydroxylation is 1. The molecule has 0 bridgehead atoms. The van der Waals surface area contributed by atoms with Crippen molar-refractivity contribution in [2.75, 3.05) is 54.4 Å². The molecule has 3 aliphatic rings. The summed E-state index contributed by atoms with van der Waals surface area (Å²) < 4.78 is 5.13. The van der Waals surface area contributed by atoms with Gasteiger partial charge in [-0.3, -0.25) is 24.6 Å². The molecule has 15 heteroatoms. The molecule has 3 amide bonds. The number of amides is 3. The number of aromatic nitrogens is 3. The summed E-state index contributed by atoms with van der Waals surface area (Å²) in [7, 11) is 0. The van der Waals surface area contributed by atoms with E-state index in [1.807, 2.05) is 17.0 Å². The van der Waals surface area contributed by atoms with Gasteiger partial charge in [-0.05, 0) is 44.4 Å². The van der Waals surface area contributed by atoms with Gasteiger partial charge in [0.2, 0.25) is 17.8 Å². The maximum atomic E-state index is 13.4. The fourth-order valence-corrected chi connectivity index (χ4v) is 6.48. The van der Waals surface area contributed by atoms with Crippen LogP contribution in [0.3, 0.4) is 0 Å². The number of esters is 1. The summed E-state index contributed by atoms with van der Waals surface area (Å²) in [6.07, 6.45) is 0.844. The molecule has 3 aromatic rings. The molecule has 0 atom stereocenters. The highest BCUT2D eigenvalue weighted by Gasteiger charge is 2.35. The van der Waals surface area contributed by atoms with Crippen LogP contribution in [0.5, 0.6) is 0 Å². The number of fused-ring (bicyclic) bond motifs is 1. The van der Waals surface area contributed by atoms with E-state index in [1.54, 1.807) is 35.8 Å². The minimum atomic E-state index is -0.463. The quantitative estimate of drug-likeness (QED) is 0.309. The van der Waals surface area contributed by atoms with E-state index in [2.05, 4.69) is 15.6 Å². The third-order valence-electron chi connectivity index (χ3n) is 7.96. The standard InChI is InChI=1S/C30H34N8O6S/c1-3-44-28(43)24-17(2)32-30(45-24)35-29-33-25(37-13-10-31-22(40)16-37)21-14-23(41)38(26(21)34-29)15-18-4-6-19(7-5-18)27(42)36-11-8-20(39)9-12-36/h4-7,20,39H,3,8-16H2,1-2H3,(H,31,40)(H,32,33,34,35). The van der Waals surface area contributed by atoms with Crippen LogP contribution in [0.25, 0.3) is 0 Å². The van der Waals surface area contributed by atoms with Crippen LogP contribution < -0.4 is 20.4 Å². The number of nitrogens with zero attached hydrogens (tertiary/aromatic N) is 6. The van der Waals surface area contributed by atoms with E-state index in [0.29, 0.717) is 77.5 Å². The maximum Gasteiger partial charge on any atom is 0.350 e. The molecular weight excluding hydrogens is 600 g/mol. The molecule has 2 fully saturated rings. The highest BCUT2D eigenvalue weighted by atomic mass is 32.1. The van der Waals surface area contributed by atoms with Gasteiger partial charge < -0.3 is 25.0 Å². The van der Waals surface area contributed by atoms with Crippen molar-refractivity contribution < 1.29 is 29.0 Å². The van der Waals surface area contributed by atoms with Gasteiger partial charge >= 0.3 is 5.97 Å². The smallest absolute Gasteiger partial charge is 0.350 e. The molecule has 236 valence electrons. The Morgan fingerprint density at radius 2 is 1.82 bits per heavy atom. The van der Waals surface area contributed by atoms with Gasteiger partial charge in [-0.1, -0.05) is 23.5 Å². The number of carbonyl (C=O) groups is 4. The van der Waals surface area contributed by atoms with E-state index >= 15 is 0 Å². The molecule has 1 aromatic carbocycles. The minimum Gasteiger partial charge on any atom is -0.462 e. The lowest BCUT2D eigenvalue weighted by atomic mass is 10.1. The van der Waals surface area contributed by atoms with Crippen LogP contribution in [0.15, 0.2) is 24.3 Å². The van der Waals surface area contributed by atoms with Gasteiger partial charge in [0.1, 0.15) is 16.5 Å². The van der Waals surface area contributed by atoms with Crippen LogP contribution in [0.2, 0.25) is 0 Å². The Morgan fingerprint density at radius 1 is 1.09 bits per heavy atom. The Labute approximate surface area is 263 Å². The Hall–Kier alpha value is -4.63. The van der Waals surface area contributed by atoms with E-state index < -0.39 is 5.97 Å². The number of hydrogen-bond acceptors (Lipinski definition) is 12. The maximum absolute atomic E-state index is 13.4. The lowest BCUT2D eigenvalue weighted by Gasteiger charge is -2.29. The topological polar surface area (TPSA) is 170 Å². The third kappa shape index (κ3) is 6.44. The number of anilines is 4. The molecule has 5 heterocycles. The second-order valence-electron chi connectivity index (χ2n) is 11.1. The predicted molar refractivity (Wildman–Crippen MR) is 166 cm³/mol.